The number of rotatable bonds is 3. The first kappa shape index (κ1) is 14.1. The fourth-order valence-electron chi connectivity index (χ4n) is 1.82. The lowest BCUT2D eigenvalue weighted by atomic mass is 10.0. The lowest BCUT2D eigenvalue weighted by Gasteiger charge is -2.08. The summed E-state index contributed by atoms with van der Waals surface area (Å²) >= 11 is 0. The van der Waals surface area contributed by atoms with Crippen molar-refractivity contribution in [2.24, 2.45) is 0 Å². The van der Waals surface area contributed by atoms with Gasteiger partial charge in [-0.15, -0.1) is 0 Å². The number of aryl methyl sites for hydroxylation is 1. The minimum atomic E-state index is -4.47. The molecule has 4 nitrogen and oxygen atoms in total. The third-order valence-corrected chi connectivity index (χ3v) is 2.78. The Morgan fingerprint density at radius 1 is 1.40 bits per heavy atom. The van der Waals surface area contributed by atoms with Gasteiger partial charge >= 0.3 is 12.1 Å². The quantitative estimate of drug-likeness (QED) is 0.939. The number of carbonyl (C=O) groups is 1. The van der Waals surface area contributed by atoms with Gasteiger partial charge in [0.15, 0.2) is 0 Å². The third kappa shape index (κ3) is 2.81. The van der Waals surface area contributed by atoms with Crippen molar-refractivity contribution in [3.8, 4) is 11.3 Å². The SMILES string of the molecule is Cc1onc(-c2cccc(C(F)(F)F)c2)c1CC(=O)O. The number of aromatic nitrogens is 1. The zero-order valence-electron chi connectivity index (χ0n) is 10.4. The van der Waals surface area contributed by atoms with E-state index in [0.717, 1.165) is 12.1 Å². The summed E-state index contributed by atoms with van der Waals surface area (Å²) in [6, 6.07) is 4.53. The number of carboxylic acids is 1. The molecule has 7 heteroatoms. The topological polar surface area (TPSA) is 63.3 Å². The lowest BCUT2D eigenvalue weighted by Crippen LogP contribution is -2.05. The summed E-state index contributed by atoms with van der Waals surface area (Å²) in [4.78, 5) is 10.8. The minimum absolute atomic E-state index is 0.121. The van der Waals surface area contributed by atoms with E-state index in [-0.39, 0.29) is 29.0 Å². The second kappa shape index (κ2) is 4.99. The van der Waals surface area contributed by atoms with E-state index in [0.29, 0.717) is 0 Å². The Bertz CT molecular complexity index is 647. The number of hydrogen-bond acceptors (Lipinski definition) is 3. The first-order valence-corrected chi connectivity index (χ1v) is 5.63. The minimum Gasteiger partial charge on any atom is -0.481 e. The van der Waals surface area contributed by atoms with E-state index in [1.807, 2.05) is 0 Å². The molecule has 1 aromatic heterocycles. The van der Waals surface area contributed by atoms with E-state index in [1.165, 1.54) is 19.1 Å². The standard InChI is InChI=1S/C13H10F3NO3/c1-7-10(6-11(18)19)12(17-20-7)8-3-2-4-9(5-8)13(14,15)16/h2-5H,6H2,1H3,(H,18,19). The molecule has 0 fully saturated rings. The number of hydrogen-bond donors (Lipinski definition) is 1. The van der Waals surface area contributed by atoms with E-state index >= 15 is 0 Å². The molecule has 0 saturated carbocycles. The maximum absolute atomic E-state index is 12.7. The van der Waals surface area contributed by atoms with Crippen LogP contribution in [0.5, 0.6) is 0 Å². The molecule has 1 heterocycles. The first-order chi connectivity index (χ1) is 9.29. The number of benzene rings is 1. The highest BCUT2D eigenvalue weighted by molar-refractivity contribution is 5.75. The van der Waals surface area contributed by atoms with E-state index < -0.39 is 17.7 Å². The molecule has 1 N–H and O–H groups in total. The van der Waals surface area contributed by atoms with Crippen LogP contribution < -0.4 is 0 Å². The molecule has 0 aliphatic heterocycles. The van der Waals surface area contributed by atoms with Crippen molar-refractivity contribution in [3.63, 3.8) is 0 Å². The summed E-state index contributed by atoms with van der Waals surface area (Å²) in [6.07, 6.45) is -4.83. The number of carboxylic acid groups (broad SMARTS) is 1. The van der Waals surface area contributed by atoms with Crippen molar-refractivity contribution in [1.29, 1.82) is 0 Å². The van der Waals surface area contributed by atoms with Gasteiger partial charge in [0.1, 0.15) is 11.5 Å². The van der Waals surface area contributed by atoms with E-state index in [1.54, 1.807) is 0 Å². The fourth-order valence-corrected chi connectivity index (χ4v) is 1.82. The van der Waals surface area contributed by atoms with Crippen LogP contribution in [0.3, 0.4) is 0 Å². The monoisotopic (exact) mass is 285 g/mol. The molecule has 106 valence electrons. The van der Waals surface area contributed by atoms with Crippen molar-refractivity contribution < 1.29 is 27.6 Å². The zero-order valence-corrected chi connectivity index (χ0v) is 10.4. The van der Waals surface area contributed by atoms with Crippen LogP contribution in [0.15, 0.2) is 28.8 Å². The Morgan fingerprint density at radius 3 is 2.70 bits per heavy atom. The van der Waals surface area contributed by atoms with Crippen LogP contribution in [0, 0.1) is 6.92 Å². The Kier molecular flexibility index (Phi) is 3.52. The smallest absolute Gasteiger partial charge is 0.416 e. The van der Waals surface area contributed by atoms with Crippen LogP contribution in [0.2, 0.25) is 0 Å². The van der Waals surface area contributed by atoms with Crippen LogP contribution >= 0.6 is 0 Å². The lowest BCUT2D eigenvalue weighted by molar-refractivity contribution is -0.138. The van der Waals surface area contributed by atoms with Gasteiger partial charge in [0.2, 0.25) is 0 Å². The highest BCUT2D eigenvalue weighted by Gasteiger charge is 2.31. The van der Waals surface area contributed by atoms with Gasteiger partial charge in [-0.3, -0.25) is 4.79 Å². The summed E-state index contributed by atoms with van der Waals surface area (Å²) in [5.74, 6) is -0.829. The van der Waals surface area contributed by atoms with Gasteiger partial charge in [0, 0.05) is 11.1 Å². The van der Waals surface area contributed by atoms with E-state index in [4.69, 9.17) is 9.63 Å². The second-order valence-corrected chi connectivity index (χ2v) is 4.21. The van der Waals surface area contributed by atoms with Crippen molar-refractivity contribution >= 4 is 5.97 Å². The molecule has 2 rings (SSSR count). The molecule has 0 aliphatic carbocycles. The van der Waals surface area contributed by atoms with Crippen LogP contribution in [0.4, 0.5) is 13.2 Å². The molecule has 20 heavy (non-hydrogen) atoms. The van der Waals surface area contributed by atoms with Crippen molar-refractivity contribution in [2.75, 3.05) is 0 Å². The number of nitrogens with zero attached hydrogens (tertiary/aromatic N) is 1. The highest BCUT2D eigenvalue weighted by atomic mass is 19.4. The van der Waals surface area contributed by atoms with Gasteiger partial charge in [0.25, 0.3) is 0 Å². The Hall–Kier alpha value is -2.31. The Morgan fingerprint density at radius 2 is 2.10 bits per heavy atom. The van der Waals surface area contributed by atoms with Gasteiger partial charge in [0.05, 0.1) is 12.0 Å². The summed E-state index contributed by atoms with van der Waals surface area (Å²) in [7, 11) is 0. The molecule has 0 amide bonds. The third-order valence-electron chi connectivity index (χ3n) is 2.78. The average Bonchev–Trinajstić information content (AvgIpc) is 2.70. The first-order valence-electron chi connectivity index (χ1n) is 5.63. The predicted molar refractivity (Wildman–Crippen MR) is 63.0 cm³/mol. The largest absolute Gasteiger partial charge is 0.481 e. The molecule has 1 aromatic carbocycles. The number of alkyl halides is 3. The molecular weight excluding hydrogens is 275 g/mol. The molecule has 0 spiro atoms. The predicted octanol–water partition coefficient (Wildman–Crippen LogP) is 3.30. The number of aliphatic carboxylic acids is 1. The van der Waals surface area contributed by atoms with E-state index in [2.05, 4.69) is 5.16 Å². The second-order valence-electron chi connectivity index (χ2n) is 4.21. The van der Waals surface area contributed by atoms with Gasteiger partial charge in [-0.2, -0.15) is 13.2 Å². The van der Waals surface area contributed by atoms with Crippen molar-refractivity contribution in [1.82, 2.24) is 5.16 Å². The molecular formula is C13H10F3NO3. The maximum Gasteiger partial charge on any atom is 0.416 e. The normalized spacial score (nSPS) is 11.6. The molecule has 0 atom stereocenters. The zero-order chi connectivity index (χ0) is 14.9. The average molecular weight is 285 g/mol. The van der Waals surface area contributed by atoms with Gasteiger partial charge in [-0.1, -0.05) is 17.3 Å². The van der Waals surface area contributed by atoms with Crippen molar-refractivity contribution in [3.05, 3.63) is 41.2 Å². The maximum atomic E-state index is 12.7. The molecule has 2 aromatic rings. The number of halogens is 3. The van der Waals surface area contributed by atoms with Crippen LogP contribution in [0.1, 0.15) is 16.9 Å². The fraction of sp³-hybridized carbons (Fsp3) is 0.231. The van der Waals surface area contributed by atoms with Crippen LogP contribution in [-0.2, 0) is 17.4 Å². The summed E-state index contributed by atoms with van der Waals surface area (Å²) in [5.41, 5.74) is -0.252. The molecule has 0 unspecified atom stereocenters. The van der Waals surface area contributed by atoms with Gasteiger partial charge < -0.3 is 9.63 Å². The molecule has 0 radical (unpaired) electrons. The highest BCUT2D eigenvalue weighted by Crippen LogP contribution is 2.33. The molecule has 0 aliphatic rings. The van der Waals surface area contributed by atoms with Crippen LogP contribution in [0.25, 0.3) is 11.3 Å². The summed E-state index contributed by atoms with van der Waals surface area (Å²) < 4.78 is 42.9. The van der Waals surface area contributed by atoms with Crippen molar-refractivity contribution in [2.45, 2.75) is 19.5 Å². The van der Waals surface area contributed by atoms with E-state index in [9.17, 15) is 18.0 Å². The molecule has 0 bridgehead atoms. The Balaban J connectivity index is 2.50. The van der Waals surface area contributed by atoms with Gasteiger partial charge in [-0.05, 0) is 19.1 Å². The van der Waals surface area contributed by atoms with Crippen LogP contribution in [-0.4, -0.2) is 16.2 Å². The molecule has 0 saturated heterocycles. The summed E-state index contributed by atoms with van der Waals surface area (Å²) in [6.45, 7) is 1.52. The Labute approximate surface area is 111 Å². The van der Waals surface area contributed by atoms with Gasteiger partial charge in [-0.25, -0.2) is 0 Å². The summed E-state index contributed by atoms with van der Waals surface area (Å²) in [5, 5.41) is 12.5.